The SMILES string of the molecule is CC[C@H](C)[C@H](NC(=O)CCc1ccc(C)cc1C)C(=O)O. The third-order valence-electron chi connectivity index (χ3n) is 3.92. The quantitative estimate of drug-likeness (QED) is 0.811. The Morgan fingerprint density at radius 2 is 1.95 bits per heavy atom. The molecule has 0 bridgehead atoms. The number of carboxylic acids is 1. The van der Waals surface area contributed by atoms with Crippen molar-refractivity contribution in [2.45, 2.75) is 53.0 Å². The monoisotopic (exact) mass is 291 g/mol. The fraction of sp³-hybridized carbons (Fsp3) is 0.529. The molecule has 1 aromatic carbocycles. The Morgan fingerprint density at radius 3 is 2.48 bits per heavy atom. The molecule has 21 heavy (non-hydrogen) atoms. The van der Waals surface area contributed by atoms with Gasteiger partial charge in [0.05, 0.1) is 0 Å². The van der Waals surface area contributed by atoms with Crippen molar-refractivity contribution in [3.8, 4) is 0 Å². The number of benzene rings is 1. The summed E-state index contributed by atoms with van der Waals surface area (Å²) in [6, 6.07) is 5.34. The Morgan fingerprint density at radius 1 is 1.29 bits per heavy atom. The van der Waals surface area contributed by atoms with Gasteiger partial charge < -0.3 is 10.4 Å². The number of aryl methyl sites for hydroxylation is 3. The molecule has 0 unspecified atom stereocenters. The van der Waals surface area contributed by atoms with E-state index in [2.05, 4.69) is 11.4 Å². The molecule has 1 rings (SSSR count). The Bertz CT molecular complexity index is 511. The van der Waals surface area contributed by atoms with Crippen LogP contribution in [0.15, 0.2) is 18.2 Å². The number of hydrogen-bond donors (Lipinski definition) is 2. The average Bonchev–Trinajstić information content (AvgIpc) is 2.42. The summed E-state index contributed by atoms with van der Waals surface area (Å²) in [5, 5.41) is 11.8. The first-order valence-corrected chi connectivity index (χ1v) is 7.43. The van der Waals surface area contributed by atoms with E-state index in [1.54, 1.807) is 0 Å². The molecule has 4 heteroatoms. The Balaban J connectivity index is 2.58. The number of aliphatic carboxylic acids is 1. The van der Waals surface area contributed by atoms with Crippen molar-refractivity contribution in [2.24, 2.45) is 5.92 Å². The van der Waals surface area contributed by atoms with Crippen LogP contribution < -0.4 is 5.32 Å². The Kier molecular flexibility index (Phi) is 6.40. The van der Waals surface area contributed by atoms with Crippen molar-refractivity contribution in [1.29, 1.82) is 0 Å². The predicted octanol–water partition coefficient (Wildman–Crippen LogP) is 2.85. The van der Waals surface area contributed by atoms with Crippen molar-refractivity contribution in [2.75, 3.05) is 0 Å². The minimum atomic E-state index is -0.968. The zero-order chi connectivity index (χ0) is 16.0. The first-order chi connectivity index (χ1) is 9.85. The van der Waals surface area contributed by atoms with E-state index in [0.29, 0.717) is 19.3 Å². The van der Waals surface area contributed by atoms with Gasteiger partial charge in [-0.15, -0.1) is 0 Å². The lowest BCUT2D eigenvalue weighted by Gasteiger charge is -2.20. The first kappa shape index (κ1) is 17.2. The van der Waals surface area contributed by atoms with Gasteiger partial charge in [-0.2, -0.15) is 0 Å². The van der Waals surface area contributed by atoms with Crippen LogP contribution in [0.25, 0.3) is 0 Å². The van der Waals surface area contributed by atoms with Crippen LogP contribution in [-0.4, -0.2) is 23.0 Å². The lowest BCUT2D eigenvalue weighted by Crippen LogP contribution is -2.45. The maximum absolute atomic E-state index is 12.0. The summed E-state index contributed by atoms with van der Waals surface area (Å²) in [7, 11) is 0. The third kappa shape index (κ3) is 5.21. The van der Waals surface area contributed by atoms with Crippen molar-refractivity contribution in [3.63, 3.8) is 0 Å². The van der Waals surface area contributed by atoms with Gasteiger partial charge in [-0.3, -0.25) is 4.79 Å². The molecule has 0 aliphatic carbocycles. The minimum absolute atomic E-state index is 0.0763. The van der Waals surface area contributed by atoms with E-state index in [0.717, 1.165) is 5.56 Å². The number of rotatable bonds is 7. The second-order valence-electron chi connectivity index (χ2n) is 5.70. The van der Waals surface area contributed by atoms with Crippen LogP contribution in [0.3, 0.4) is 0 Å². The highest BCUT2D eigenvalue weighted by molar-refractivity contribution is 5.83. The molecule has 0 aromatic heterocycles. The summed E-state index contributed by atoms with van der Waals surface area (Å²) in [4.78, 5) is 23.1. The maximum atomic E-state index is 12.0. The van der Waals surface area contributed by atoms with E-state index in [1.807, 2.05) is 39.8 Å². The standard InChI is InChI=1S/C17H25NO3/c1-5-12(3)16(17(20)21)18-15(19)9-8-14-7-6-11(2)10-13(14)4/h6-7,10,12,16H,5,8-9H2,1-4H3,(H,18,19)(H,20,21)/t12-,16-/m0/s1. The second-order valence-corrected chi connectivity index (χ2v) is 5.70. The molecule has 2 atom stereocenters. The molecule has 1 amide bonds. The number of carboxylic acid groups (broad SMARTS) is 1. The number of nitrogens with one attached hydrogen (secondary N) is 1. The van der Waals surface area contributed by atoms with Crippen LogP contribution in [0.4, 0.5) is 0 Å². The highest BCUT2D eigenvalue weighted by Crippen LogP contribution is 2.13. The molecule has 4 nitrogen and oxygen atoms in total. The molecular formula is C17H25NO3. The number of carbonyl (C=O) groups excluding carboxylic acids is 1. The van der Waals surface area contributed by atoms with E-state index in [-0.39, 0.29) is 11.8 Å². The van der Waals surface area contributed by atoms with Crippen molar-refractivity contribution in [1.82, 2.24) is 5.32 Å². The first-order valence-electron chi connectivity index (χ1n) is 7.43. The summed E-state index contributed by atoms with van der Waals surface area (Å²) in [6.07, 6.45) is 1.66. The van der Waals surface area contributed by atoms with Gasteiger partial charge in [0.15, 0.2) is 0 Å². The van der Waals surface area contributed by atoms with Gasteiger partial charge in [0, 0.05) is 6.42 Å². The number of amides is 1. The van der Waals surface area contributed by atoms with Crippen LogP contribution in [0.5, 0.6) is 0 Å². The maximum Gasteiger partial charge on any atom is 0.326 e. The highest BCUT2D eigenvalue weighted by atomic mass is 16.4. The van der Waals surface area contributed by atoms with Gasteiger partial charge in [0.1, 0.15) is 6.04 Å². The Labute approximate surface area is 126 Å². The van der Waals surface area contributed by atoms with E-state index >= 15 is 0 Å². The third-order valence-corrected chi connectivity index (χ3v) is 3.92. The molecule has 0 saturated carbocycles. The fourth-order valence-electron chi connectivity index (χ4n) is 2.30. The van der Waals surface area contributed by atoms with Gasteiger partial charge in [-0.25, -0.2) is 4.79 Å². The molecule has 116 valence electrons. The number of carbonyl (C=O) groups is 2. The van der Waals surface area contributed by atoms with Gasteiger partial charge in [-0.1, -0.05) is 44.0 Å². The molecular weight excluding hydrogens is 266 g/mol. The van der Waals surface area contributed by atoms with Gasteiger partial charge >= 0.3 is 5.97 Å². The molecule has 2 N–H and O–H groups in total. The summed E-state index contributed by atoms with van der Waals surface area (Å²) < 4.78 is 0. The van der Waals surface area contributed by atoms with Crippen LogP contribution in [0, 0.1) is 19.8 Å². The normalized spacial score (nSPS) is 13.5. The van der Waals surface area contributed by atoms with E-state index in [1.165, 1.54) is 11.1 Å². The molecule has 1 aromatic rings. The van der Waals surface area contributed by atoms with E-state index in [9.17, 15) is 9.59 Å². The summed E-state index contributed by atoms with van der Waals surface area (Å²) in [5.74, 6) is -1.25. The van der Waals surface area contributed by atoms with Crippen molar-refractivity contribution in [3.05, 3.63) is 34.9 Å². The lowest BCUT2D eigenvalue weighted by atomic mass is 9.98. The smallest absolute Gasteiger partial charge is 0.326 e. The van der Waals surface area contributed by atoms with Gasteiger partial charge in [0.25, 0.3) is 0 Å². The van der Waals surface area contributed by atoms with Gasteiger partial charge in [-0.05, 0) is 37.3 Å². The van der Waals surface area contributed by atoms with Crippen molar-refractivity contribution < 1.29 is 14.7 Å². The highest BCUT2D eigenvalue weighted by Gasteiger charge is 2.24. The zero-order valence-electron chi connectivity index (χ0n) is 13.3. The number of hydrogen-bond acceptors (Lipinski definition) is 2. The second kappa shape index (κ2) is 7.81. The molecule has 0 aliphatic rings. The van der Waals surface area contributed by atoms with E-state index in [4.69, 9.17) is 5.11 Å². The molecule has 0 heterocycles. The molecule has 0 spiro atoms. The summed E-state index contributed by atoms with van der Waals surface area (Å²) >= 11 is 0. The van der Waals surface area contributed by atoms with Crippen LogP contribution in [0.2, 0.25) is 0 Å². The molecule has 0 aliphatic heterocycles. The molecule has 0 saturated heterocycles. The van der Waals surface area contributed by atoms with E-state index < -0.39 is 12.0 Å². The molecule has 0 radical (unpaired) electrons. The topological polar surface area (TPSA) is 66.4 Å². The van der Waals surface area contributed by atoms with Gasteiger partial charge in [0.2, 0.25) is 5.91 Å². The van der Waals surface area contributed by atoms with Crippen molar-refractivity contribution >= 4 is 11.9 Å². The fourth-order valence-corrected chi connectivity index (χ4v) is 2.30. The predicted molar refractivity (Wildman–Crippen MR) is 83.3 cm³/mol. The largest absolute Gasteiger partial charge is 0.480 e. The Hall–Kier alpha value is -1.84. The average molecular weight is 291 g/mol. The minimum Gasteiger partial charge on any atom is -0.480 e. The zero-order valence-corrected chi connectivity index (χ0v) is 13.3. The molecule has 0 fully saturated rings. The van der Waals surface area contributed by atoms with Crippen LogP contribution >= 0.6 is 0 Å². The summed E-state index contributed by atoms with van der Waals surface area (Å²) in [6.45, 7) is 7.82. The van der Waals surface area contributed by atoms with Crippen LogP contribution in [0.1, 0.15) is 43.4 Å². The van der Waals surface area contributed by atoms with Crippen LogP contribution in [-0.2, 0) is 16.0 Å². The summed E-state index contributed by atoms with van der Waals surface area (Å²) in [5.41, 5.74) is 3.49. The lowest BCUT2D eigenvalue weighted by molar-refractivity contribution is -0.143.